The first kappa shape index (κ1) is 17.8. The predicted octanol–water partition coefficient (Wildman–Crippen LogP) is 4.29. The van der Waals surface area contributed by atoms with E-state index in [1.54, 1.807) is 34.4 Å². The molecule has 2 aromatic heterocycles. The summed E-state index contributed by atoms with van der Waals surface area (Å²) in [5.41, 5.74) is 0. The molecule has 0 saturated carbocycles. The molecule has 0 aromatic carbocycles. The first-order valence-electron chi connectivity index (χ1n) is 7.12. The molecule has 120 valence electrons. The summed E-state index contributed by atoms with van der Waals surface area (Å²) in [5.74, 6) is 1.11. The first-order valence-corrected chi connectivity index (χ1v) is 10.7. The lowest BCUT2D eigenvalue weighted by Gasteiger charge is -2.09. The highest BCUT2D eigenvalue weighted by Gasteiger charge is 2.17. The second kappa shape index (κ2) is 9.54. The van der Waals surface area contributed by atoms with Crippen molar-refractivity contribution < 1.29 is 4.79 Å². The molecule has 1 amide bonds. The first-order chi connectivity index (χ1) is 10.7. The van der Waals surface area contributed by atoms with Crippen LogP contribution in [0.4, 0.5) is 0 Å². The van der Waals surface area contributed by atoms with Crippen molar-refractivity contribution in [3.05, 3.63) is 22.4 Å². The molecule has 0 bridgehead atoms. The van der Waals surface area contributed by atoms with Gasteiger partial charge in [0.2, 0.25) is 5.91 Å². The van der Waals surface area contributed by atoms with Crippen molar-refractivity contribution in [3.63, 3.8) is 0 Å². The van der Waals surface area contributed by atoms with Crippen molar-refractivity contribution in [2.45, 2.75) is 47.2 Å². The van der Waals surface area contributed by atoms with E-state index < -0.39 is 0 Å². The van der Waals surface area contributed by atoms with Gasteiger partial charge in [-0.2, -0.15) is 0 Å². The summed E-state index contributed by atoms with van der Waals surface area (Å²) in [4.78, 5) is 13.2. The SMILES string of the molecule is CCCCSc1nnc(S[C@@H](C)C(=O)NCc2cccs2)s1. The van der Waals surface area contributed by atoms with Crippen molar-refractivity contribution in [1.29, 1.82) is 0 Å². The molecule has 1 N–H and O–H groups in total. The number of aromatic nitrogens is 2. The van der Waals surface area contributed by atoms with Gasteiger partial charge in [-0.3, -0.25) is 4.79 Å². The Balaban J connectivity index is 1.75. The second-order valence-corrected chi connectivity index (χ2v) is 9.53. The van der Waals surface area contributed by atoms with Crippen LogP contribution in [0.15, 0.2) is 26.2 Å². The zero-order chi connectivity index (χ0) is 15.8. The number of hydrogen-bond donors (Lipinski definition) is 1. The maximum absolute atomic E-state index is 12.1. The van der Waals surface area contributed by atoms with Crippen LogP contribution in [0.1, 0.15) is 31.6 Å². The van der Waals surface area contributed by atoms with E-state index in [-0.39, 0.29) is 11.2 Å². The van der Waals surface area contributed by atoms with Crippen LogP contribution in [0.2, 0.25) is 0 Å². The van der Waals surface area contributed by atoms with Crippen LogP contribution in [0, 0.1) is 0 Å². The van der Waals surface area contributed by atoms with Gasteiger partial charge in [0.25, 0.3) is 0 Å². The van der Waals surface area contributed by atoms with Gasteiger partial charge < -0.3 is 5.32 Å². The van der Waals surface area contributed by atoms with Crippen LogP contribution < -0.4 is 5.32 Å². The van der Waals surface area contributed by atoms with Gasteiger partial charge in [-0.25, -0.2) is 0 Å². The summed E-state index contributed by atoms with van der Waals surface area (Å²) < 4.78 is 1.85. The Hall–Kier alpha value is -0.570. The lowest BCUT2D eigenvalue weighted by molar-refractivity contribution is -0.120. The Labute approximate surface area is 147 Å². The fourth-order valence-corrected chi connectivity index (χ4v) is 5.53. The van der Waals surface area contributed by atoms with E-state index in [4.69, 9.17) is 0 Å². The fourth-order valence-electron chi connectivity index (χ4n) is 1.54. The molecule has 8 heteroatoms. The van der Waals surface area contributed by atoms with Crippen LogP contribution in [-0.2, 0) is 11.3 Å². The van der Waals surface area contributed by atoms with E-state index in [2.05, 4.69) is 22.4 Å². The van der Waals surface area contributed by atoms with Crippen LogP contribution in [-0.4, -0.2) is 27.1 Å². The van der Waals surface area contributed by atoms with Gasteiger partial charge in [0, 0.05) is 10.6 Å². The highest BCUT2D eigenvalue weighted by atomic mass is 32.2. The van der Waals surface area contributed by atoms with Crippen LogP contribution in [0.5, 0.6) is 0 Å². The quantitative estimate of drug-likeness (QED) is 0.525. The number of nitrogens with zero attached hydrogens (tertiary/aromatic N) is 2. The van der Waals surface area contributed by atoms with E-state index in [1.807, 2.05) is 24.4 Å². The van der Waals surface area contributed by atoms with Crippen molar-refractivity contribution in [2.75, 3.05) is 5.75 Å². The Morgan fingerprint density at radius 3 is 2.95 bits per heavy atom. The number of carbonyl (C=O) groups excluding carboxylic acids is 1. The number of nitrogens with one attached hydrogen (secondary N) is 1. The largest absolute Gasteiger partial charge is 0.350 e. The Kier molecular flexibility index (Phi) is 7.71. The van der Waals surface area contributed by atoms with Gasteiger partial charge >= 0.3 is 0 Å². The van der Waals surface area contributed by atoms with Crippen molar-refractivity contribution >= 4 is 52.1 Å². The van der Waals surface area contributed by atoms with E-state index in [1.165, 1.54) is 24.6 Å². The molecule has 2 rings (SSSR count). The molecule has 0 aliphatic carbocycles. The normalized spacial score (nSPS) is 12.3. The number of amides is 1. The van der Waals surface area contributed by atoms with Gasteiger partial charge in [-0.15, -0.1) is 21.5 Å². The number of thiophene rings is 1. The molecular formula is C14H19N3OS4. The number of hydrogen-bond acceptors (Lipinski definition) is 7. The van der Waals surface area contributed by atoms with Crippen molar-refractivity contribution in [2.24, 2.45) is 0 Å². The molecule has 0 aliphatic heterocycles. The Morgan fingerprint density at radius 2 is 2.23 bits per heavy atom. The lowest BCUT2D eigenvalue weighted by atomic mass is 10.4. The molecule has 0 unspecified atom stereocenters. The molecule has 1 atom stereocenters. The topological polar surface area (TPSA) is 54.9 Å². The summed E-state index contributed by atoms with van der Waals surface area (Å²) in [5, 5.41) is 13.1. The second-order valence-electron chi connectivity index (χ2n) is 4.59. The zero-order valence-electron chi connectivity index (χ0n) is 12.6. The molecule has 22 heavy (non-hydrogen) atoms. The van der Waals surface area contributed by atoms with Crippen molar-refractivity contribution in [1.82, 2.24) is 15.5 Å². The maximum Gasteiger partial charge on any atom is 0.233 e. The van der Waals surface area contributed by atoms with Crippen molar-refractivity contribution in [3.8, 4) is 0 Å². The average Bonchev–Trinajstić information content (AvgIpc) is 3.17. The summed E-state index contributed by atoms with van der Waals surface area (Å²) in [6.45, 7) is 4.67. The van der Waals surface area contributed by atoms with Gasteiger partial charge in [0.15, 0.2) is 8.68 Å². The van der Waals surface area contributed by atoms with Gasteiger partial charge in [0.05, 0.1) is 11.8 Å². The summed E-state index contributed by atoms with van der Waals surface area (Å²) in [6.07, 6.45) is 2.38. The number of carbonyl (C=O) groups is 1. The molecule has 0 saturated heterocycles. The molecule has 4 nitrogen and oxygen atoms in total. The van der Waals surface area contributed by atoms with E-state index in [9.17, 15) is 4.79 Å². The predicted molar refractivity (Wildman–Crippen MR) is 97.0 cm³/mol. The van der Waals surface area contributed by atoms with E-state index >= 15 is 0 Å². The van der Waals surface area contributed by atoms with Crippen LogP contribution in [0.25, 0.3) is 0 Å². The Morgan fingerprint density at radius 1 is 1.41 bits per heavy atom. The Bertz CT molecular complexity index is 570. The van der Waals surface area contributed by atoms with E-state index in [0.29, 0.717) is 6.54 Å². The van der Waals surface area contributed by atoms with Gasteiger partial charge in [0.1, 0.15) is 0 Å². The standard InChI is InChI=1S/C14H19N3OS4/c1-3-4-7-20-13-16-17-14(22-13)21-10(2)12(18)15-9-11-6-5-8-19-11/h5-6,8,10H,3-4,7,9H2,1-2H3,(H,15,18)/t10-/m0/s1. The van der Waals surface area contributed by atoms with Gasteiger partial charge in [-0.05, 0) is 24.8 Å². The minimum absolute atomic E-state index is 0.0359. The third-order valence-electron chi connectivity index (χ3n) is 2.78. The summed E-state index contributed by atoms with van der Waals surface area (Å²) in [7, 11) is 0. The summed E-state index contributed by atoms with van der Waals surface area (Å²) in [6, 6.07) is 4.01. The zero-order valence-corrected chi connectivity index (χ0v) is 15.8. The highest BCUT2D eigenvalue weighted by molar-refractivity contribution is 8.03. The molecule has 2 heterocycles. The third kappa shape index (κ3) is 5.91. The number of rotatable bonds is 9. The van der Waals surface area contributed by atoms with Crippen LogP contribution in [0.3, 0.4) is 0 Å². The summed E-state index contributed by atoms with van der Waals surface area (Å²) >= 11 is 6.43. The number of thioether (sulfide) groups is 2. The lowest BCUT2D eigenvalue weighted by Crippen LogP contribution is -2.30. The smallest absolute Gasteiger partial charge is 0.233 e. The molecule has 0 radical (unpaired) electrons. The van der Waals surface area contributed by atoms with Crippen LogP contribution >= 0.6 is 46.2 Å². The monoisotopic (exact) mass is 373 g/mol. The number of unbranched alkanes of at least 4 members (excludes halogenated alkanes) is 1. The molecule has 0 spiro atoms. The molecule has 0 aliphatic rings. The molecular weight excluding hydrogens is 354 g/mol. The fraction of sp³-hybridized carbons (Fsp3) is 0.500. The van der Waals surface area contributed by atoms with E-state index in [0.717, 1.165) is 19.3 Å². The highest BCUT2D eigenvalue weighted by Crippen LogP contribution is 2.31. The third-order valence-corrected chi connectivity index (χ3v) is 6.98. The van der Waals surface area contributed by atoms with Gasteiger partial charge in [-0.1, -0.05) is 54.3 Å². The maximum atomic E-state index is 12.1. The minimum atomic E-state index is -0.165. The average molecular weight is 374 g/mol. The molecule has 0 fully saturated rings. The minimum Gasteiger partial charge on any atom is -0.350 e. The molecule has 2 aromatic rings.